The molecule has 146 valence electrons. The first-order chi connectivity index (χ1) is 14.3. The summed E-state index contributed by atoms with van der Waals surface area (Å²) < 4.78 is 5.89. The number of aromatic amines is 1. The van der Waals surface area contributed by atoms with E-state index in [2.05, 4.69) is 49.4 Å². The first-order valence-corrected chi connectivity index (χ1v) is 9.86. The van der Waals surface area contributed by atoms with Crippen LogP contribution in [0, 0.1) is 0 Å². The van der Waals surface area contributed by atoms with Crippen LogP contribution in [0.15, 0.2) is 67.3 Å². The van der Waals surface area contributed by atoms with Gasteiger partial charge >= 0.3 is 0 Å². The van der Waals surface area contributed by atoms with Gasteiger partial charge in [0.05, 0.1) is 11.9 Å². The predicted molar refractivity (Wildman–Crippen MR) is 114 cm³/mol. The molecule has 1 aliphatic rings. The molecule has 0 spiro atoms. The molecule has 1 aliphatic heterocycles. The number of pyridine rings is 2. The van der Waals surface area contributed by atoms with E-state index in [1.165, 1.54) is 22.0 Å². The topological polar surface area (TPSA) is 66.1 Å². The van der Waals surface area contributed by atoms with Gasteiger partial charge in [-0.05, 0) is 40.8 Å². The minimum absolute atomic E-state index is 0.466. The van der Waals surface area contributed by atoms with Crippen LogP contribution in [-0.4, -0.2) is 32.9 Å². The van der Waals surface area contributed by atoms with Crippen molar-refractivity contribution < 1.29 is 4.74 Å². The average molecular weight is 385 g/mol. The fourth-order valence-electron chi connectivity index (χ4n) is 3.75. The van der Waals surface area contributed by atoms with Crippen LogP contribution in [0.25, 0.3) is 10.9 Å². The molecule has 29 heavy (non-hydrogen) atoms. The Morgan fingerprint density at radius 1 is 1.07 bits per heavy atom. The Morgan fingerprint density at radius 3 is 3.00 bits per heavy atom. The quantitative estimate of drug-likeness (QED) is 0.544. The highest BCUT2D eigenvalue weighted by atomic mass is 16.5. The summed E-state index contributed by atoms with van der Waals surface area (Å²) in [6.45, 7) is 4.12. The van der Waals surface area contributed by atoms with Gasteiger partial charge in [0.2, 0.25) is 5.88 Å². The lowest BCUT2D eigenvalue weighted by Gasteiger charge is -2.20. The second-order valence-corrected chi connectivity index (χ2v) is 7.37. The summed E-state index contributed by atoms with van der Waals surface area (Å²) in [5.74, 6) is 0.644. The lowest BCUT2D eigenvalue weighted by molar-refractivity contribution is 0.269. The molecule has 6 nitrogen and oxygen atoms in total. The van der Waals surface area contributed by atoms with Gasteiger partial charge in [0.25, 0.3) is 0 Å². The molecule has 0 fully saturated rings. The molecule has 5 rings (SSSR count). The van der Waals surface area contributed by atoms with Crippen LogP contribution in [0.5, 0.6) is 5.88 Å². The second kappa shape index (κ2) is 7.93. The first-order valence-electron chi connectivity index (χ1n) is 9.86. The van der Waals surface area contributed by atoms with E-state index in [4.69, 9.17) is 4.74 Å². The number of nitrogens with one attached hydrogen (secondary N) is 2. The van der Waals surface area contributed by atoms with Crippen molar-refractivity contribution in [2.75, 3.05) is 18.4 Å². The van der Waals surface area contributed by atoms with Gasteiger partial charge in [-0.3, -0.25) is 9.88 Å². The standard InChI is InChI=1S/C23H23N5O/c1-2-18(12-24-6-1)16-29-23-11-20-15-28(9-8-26-22(20)13-27-23)14-17-3-4-21-19(10-17)5-7-25-21/h1-7,10-13,25-26H,8-9,14-16H2. The Morgan fingerprint density at radius 2 is 2.07 bits per heavy atom. The number of nitrogens with zero attached hydrogens (tertiary/aromatic N) is 3. The molecule has 6 heteroatoms. The van der Waals surface area contributed by atoms with E-state index in [1.807, 2.05) is 36.8 Å². The van der Waals surface area contributed by atoms with E-state index in [-0.39, 0.29) is 0 Å². The van der Waals surface area contributed by atoms with E-state index in [1.54, 1.807) is 6.20 Å². The van der Waals surface area contributed by atoms with Crippen LogP contribution >= 0.6 is 0 Å². The summed E-state index contributed by atoms with van der Waals surface area (Å²) >= 11 is 0. The van der Waals surface area contributed by atoms with E-state index in [0.29, 0.717) is 12.5 Å². The molecular weight excluding hydrogens is 362 g/mol. The number of fused-ring (bicyclic) bond motifs is 2. The SMILES string of the molecule is c1cncc(COc2cc3c(cn2)NCCN(Cc2ccc4[nH]ccc4c2)C3)c1. The Hall–Kier alpha value is -3.38. The minimum atomic E-state index is 0.466. The Kier molecular flexibility index (Phi) is 4.84. The van der Waals surface area contributed by atoms with Gasteiger partial charge in [0.15, 0.2) is 0 Å². The van der Waals surface area contributed by atoms with Crippen LogP contribution in [0.2, 0.25) is 0 Å². The number of anilines is 1. The molecule has 0 saturated heterocycles. The zero-order chi connectivity index (χ0) is 19.5. The van der Waals surface area contributed by atoms with E-state index >= 15 is 0 Å². The molecule has 1 aromatic carbocycles. The van der Waals surface area contributed by atoms with Gasteiger partial charge < -0.3 is 15.0 Å². The van der Waals surface area contributed by atoms with Crippen molar-refractivity contribution in [2.24, 2.45) is 0 Å². The van der Waals surface area contributed by atoms with Crippen molar-refractivity contribution in [3.05, 3.63) is 83.9 Å². The van der Waals surface area contributed by atoms with Crippen LogP contribution in [0.1, 0.15) is 16.7 Å². The first kappa shape index (κ1) is 17.7. The number of hydrogen-bond donors (Lipinski definition) is 2. The number of rotatable bonds is 5. The number of hydrogen-bond acceptors (Lipinski definition) is 5. The maximum atomic E-state index is 5.89. The molecule has 0 bridgehead atoms. The summed E-state index contributed by atoms with van der Waals surface area (Å²) in [6, 6.07) is 14.7. The molecule has 4 aromatic rings. The lowest BCUT2D eigenvalue weighted by atomic mass is 10.1. The van der Waals surface area contributed by atoms with E-state index < -0.39 is 0 Å². The van der Waals surface area contributed by atoms with Gasteiger partial charge in [-0.15, -0.1) is 0 Å². The van der Waals surface area contributed by atoms with Crippen LogP contribution < -0.4 is 10.1 Å². The monoisotopic (exact) mass is 385 g/mol. The van der Waals surface area contributed by atoms with Crippen molar-refractivity contribution in [1.29, 1.82) is 0 Å². The third kappa shape index (κ3) is 4.07. The molecule has 0 atom stereocenters. The van der Waals surface area contributed by atoms with Crippen molar-refractivity contribution in [2.45, 2.75) is 19.7 Å². The maximum Gasteiger partial charge on any atom is 0.213 e. The summed E-state index contributed by atoms with van der Waals surface area (Å²) in [6.07, 6.45) is 7.44. The van der Waals surface area contributed by atoms with E-state index in [0.717, 1.165) is 37.4 Å². The third-order valence-electron chi connectivity index (χ3n) is 5.24. The zero-order valence-corrected chi connectivity index (χ0v) is 16.1. The Labute approximate surface area is 169 Å². The number of aromatic nitrogens is 3. The van der Waals surface area contributed by atoms with Gasteiger partial charge in [0, 0.05) is 61.9 Å². The maximum absolute atomic E-state index is 5.89. The van der Waals surface area contributed by atoms with Crippen LogP contribution in [-0.2, 0) is 19.7 Å². The van der Waals surface area contributed by atoms with Crippen molar-refractivity contribution in [1.82, 2.24) is 19.9 Å². The molecule has 3 aromatic heterocycles. The van der Waals surface area contributed by atoms with Crippen LogP contribution in [0.4, 0.5) is 5.69 Å². The third-order valence-corrected chi connectivity index (χ3v) is 5.24. The predicted octanol–water partition coefficient (Wildman–Crippen LogP) is 3.96. The smallest absolute Gasteiger partial charge is 0.213 e. The Balaban J connectivity index is 1.30. The minimum Gasteiger partial charge on any atom is -0.473 e. The van der Waals surface area contributed by atoms with Gasteiger partial charge in [-0.25, -0.2) is 4.98 Å². The molecule has 2 N–H and O–H groups in total. The van der Waals surface area contributed by atoms with Gasteiger partial charge in [-0.2, -0.15) is 0 Å². The van der Waals surface area contributed by atoms with Gasteiger partial charge in [0.1, 0.15) is 6.61 Å². The van der Waals surface area contributed by atoms with Crippen LogP contribution in [0.3, 0.4) is 0 Å². The number of H-pyrrole nitrogens is 1. The normalized spacial score (nSPS) is 14.2. The highest BCUT2D eigenvalue weighted by molar-refractivity contribution is 5.79. The lowest BCUT2D eigenvalue weighted by Crippen LogP contribution is -2.25. The van der Waals surface area contributed by atoms with Crippen molar-refractivity contribution in [3.8, 4) is 5.88 Å². The van der Waals surface area contributed by atoms with Gasteiger partial charge in [-0.1, -0.05) is 12.1 Å². The highest BCUT2D eigenvalue weighted by Gasteiger charge is 2.16. The average Bonchev–Trinajstić information content (AvgIpc) is 3.13. The van der Waals surface area contributed by atoms with Crippen molar-refractivity contribution in [3.63, 3.8) is 0 Å². The molecular formula is C23H23N5O. The summed E-state index contributed by atoms with van der Waals surface area (Å²) in [5.41, 5.74) is 5.83. The fourth-order valence-corrected chi connectivity index (χ4v) is 3.75. The molecule has 0 amide bonds. The Bertz CT molecular complexity index is 1110. The van der Waals surface area contributed by atoms with Crippen molar-refractivity contribution >= 4 is 16.6 Å². The zero-order valence-electron chi connectivity index (χ0n) is 16.1. The second-order valence-electron chi connectivity index (χ2n) is 7.37. The molecule has 4 heterocycles. The molecule has 0 unspecified atom stereocenters. The highest BCUT2D eigenvalue weighted by Crippen LogP contribution is 2.25. The van der Waals surface area contributed by atoms with E-state index in [9.17, 15) is 0 Å². The fraction of sp³-hybridized carbons (Fsp3) is 0.217. The number of benzene rings is 1. The number of ether oxygens (including phenoxy) is 1. The molecule has 0 saturated carbocycles. The largest absolute Gasteiger partial charge is 0.473 e. The summed E-state index contributed by atoms with van der Waals surface area (Å²) in [7, 11) is 0. The molecule has 0 aliphatic carbocycles. The molecule has 0 radical (unpaired) electrons. The summed E-state index contributed by atoms with van der Waals surface area (Å²) in [5, 5.41) is 4.75. The summed E-state index contributed by atoms with van der Waals surface area (Å²) in [4.78, 5) is 14.3.